The molecule has 1 heterocycles. The predicted octanol–water partition coefficient (Wildman–Crippen LogP) is 5.74. The monoisotopic (exact) mass is 411 g/mol. The zero-order valence-corrected chi connectivity index (χ0v) is 15.8. The minimum absolute atomic E-state index is 0. The molecule has 1 N–H and O–H groups in total. The lowest BCUT2D eigenvalue weighted by atomic mass is 9.88. The zero-order chi connectivity index (χ0) is 15.7. The number of hydrogen-bond donors (Lipinski definition) is 1. The maximum atomic E-state index is 6.16. The third-order valence-electron chi connectivity index (χ3n) is 3.77. The van der Waals surface area contributed by atoms with Crippen molar-refractivity contribution >= 4 is 58.8 Å². The minimum Gasteiger partial charge on any atom is -0.363 e. The van der Waals surface area contributed by atoms with Gasteiger partial charge in [0.25, 0.3) is 0 Å². The van der Waals surface area contributed by atoms with Gasteiger partial charge in [0.15, 0.2) is 0 Å². The molecule has 0 unspecified atom stereocenters. The van der Waals surface area contributed by atoms with Crippen molar-refractivity contribution in [2.75, 3.05) is 13.1 Å². The molecule has 23 heavy (non-hydrogen) atoms. The van der Waals surface area contributed by atoms with E-state index in [1.165, 1.54) is 0 Å². The topological polar surface area (TPSA) is 21.3 Å². The number of rotatable bonds is 4. The summed E-state index contributed by atoms with van der Waals surface area (Å²) in [6.07, 6.45) is 0. The van der Waals surface area contributed by atoms with Crippen molar-refractivity contribution in [3.05, 3.63) is 67.6 Å². The van der Waals surface area contributed by atoms with Gasteiger partial charge in [-0.1, -0.05) is 58.5 Å². The van der Waals surface area contributed by atoms with Crippen LogP contribution in [0, 0.1) is 0 Å². The highest BCUT2D eigenvalue weighted by atomic mass is 35.5. The Morgan fingerprint density at radius 3 is 2.00 bits per heavy atom. The smallest absolute Gasteiger partial charge is 0.118 e. The SMILES string of the molecule is Cl.Clc1ccc(COC2(c3ccc(Cl)c(Cl)c3)CNC2)cc1Cl. The van der Waals surface area contributed by atoms with Crippen molar-refractivity contribution in [3.8, 4) is 0 Å². The fourth-order valence-corrected chi connectivity index (χ4v) is 2.99. The van der Waals surface area contributed by atoms with E-state index < -0.39 is 0 Å². The van der Waals surface area contributed by atoms with E-state index >= 15 is 0 Å². The molecule has 0 amide bonds. The largest absolute Gasteiger partial charge is 0.363 e. The fourth-order valence-electron chi connectivity index (χ4n) is 2.37. The van der Waals surface area contributed by atoms with Gasteiger partial charge in [-0.05, 0) is 35.4 Å². The van der Waals surface area contributed by atoms with Crippen LogP contribution in [-0.4, -0.2) is 13.1 Å². The summed E-state index contributed by atoms with van der Waals surface area (Å²) in [5, 5.41) is 5.38. The first-order chi connectivity index (χ1) is 10.5. The second-order valence-corrected chi connectivity index (χ2v) is 6.89. The van der Waals surface area contributed by atoms with Crippen molar-refractivity contribution in [2.24, 2.45) is 0 Å². The van der Waals surface area contributed by atoms with Crippen LogP contribution in [0.4, 0.5) is 0 Å². The second kappa shape index (κ2) is 7.79. The van der Waals surface area contributed by atoms with E-state index in [1.807, 2.05) is 24.3 Å². The Bertz CT molecular complexity index is 703. The molecule has 0 aliphatic carbocycles. The van der Waals surface area contributed by atoms with E-state index in [9.17, 15) is 0 Å². The fraction of sp³-hybridized carbons (Fsp3) is 0.250. The molecular weight excluding hydrogens is 399 g/mol. The average Bonchev–Trinajstić information content (AvgIpc) is 2.45. The lowest BCUT2D eigenvalue weighted by Gasteiger charge is -2.43. The summed E-state index contributed by atoms with van der Waals surface area (Å²) >= 11 is 24.1. The van der Waals surface area contributed by atoms with Crippen LogP contribution in [0.2, 0.25) is 20.1 Å². The standard InChI is InChI=1S/C16H13Cl4NO.ClH/c17-12-3-1-10(5-14(12)19)7-22-16(8-21-9-16)11-2-4-13(18)15(20)6-11;/h1-6,21H,7-9H2;1H. The van der Waals surface area contributed by atoms with Crippen molar-refractivity contribution in [2.45, 2.75) is 12.2 Å². The summed E-state index contributed by atoms with van der Waals surface area (Å²) in [7, 11) is 0. The van der Waals surface area contributed by atoms with Crippen molar-refractivity contribution in [3.63, 3.8) is 0 Å². The van der Waals surface area contributed by atoms with Gasteiger partial charge in [-0.3, -0.25) is 0 Å². The lowest BCUT2D eigenvalue weighted by Crippen LogP contribution is -2.58. The van der Waals surface area contributed by atoms with Crippen LogP contribution in [0.3, 0.4) is 0 Å². The summed E-state index contributed by atoms with van der Waals surface area (Å²) < 4.78 is 6.16. The van der Waals surface area contributed by atoms with E-state index in [1.54, 1.807) is 12.1 Å². The minimum atomic E-state index is -0.389. The van der Waals surface area contributed by atoms with Crippen molar-refractivity contribution in [1.82, 2.24) is 5.32 Å². The van der Waals surface area contributed by atoms with Crippen LogP contribution in [0.25, 0.3) is 0 Å². The lowest BCUT2D eigenvalue weighted by molar-refractivity contribution is -0.0968. The molecule has 2 nitrogen and oxygen atoms in total. The summed E-state index contributed by atoms with van der Waals surface area (Å²) in [6, 6.07) is 11.1. The van der Waals surface area contributed by atoms with Gasteiger partial charge in [-0.15, -0.1) is 12.4 Å². The molecule has 0 radical (unpaired) electrons. The third-order valence-corrected chi connectivity index (χ3v) is 5.24. The molecule has 0 saturated carbocycles. The molecule has 0 spiro atoms. The number of nitrogens with one attached hydrogen (secondary N) is 1. The predicted molar refractivity (Wildman–Crippen MR) is 99.5 cm³/mol. The first kappa shape index (κ1) is 19.1. The Hall–Kier alpha value is -0.190. The van der Waals surface area contributed by atoms with Crippen LogP contribution in [0.15, 0.2) is 36.4 Å². The molecular formula is C16H14Cl5NO. The van der Waals surface area contributed by atoms with Gasteiger partial charge in [0.1, 0.15) is 5.60 Å². The van der Waals surface area contributed by atoms with Gasteiger partial charge in [0.2, 0.25) is 0 Å². The molecule has 3 rings (SSSR count). The van der Waals surface area contributed by atoms with Gasteiger partial charge in [0.05, 0.1) is 26.7 Å². The normalized spacial score (nSPS) is 15.7. The van der Waals surface area contributed by atoms with Crippen LogP contribution < -0.4 is 5.32 Å². The number of hydrogen-bond acceptors (Lipinski definition) is 2. The average molecular weight is 414 g/mol. The maximum Gasteiger partial charge on any atom is 0.118 e. The van der Waals surface area contributed by atoms with E-state index in [0.717, 1.165) is 24.2 Å². The number of benzene rings is 2. The maximum absolute atomic E-state index is 6.16. The van der Waals surface area contributed by atoms with Crippen LogP contribution in [0.5, 0.6) is 0 Å². The van der Waals surface area contributed by atoms with Crippen molar-refractivity contribution in [1.29, 1.82) is 0 Å². The molecule has 2 aromatic carbocycles. The highest BCUT2D eigenvalue weighted by Gasteiger charge is 2.40. The Morgan fingerprint density at radius 2 is 1.48 bits per heavy atom. The molecule has 0 bridgehead atoms. The molecule has 0 atom stereocenters. The zero-order valence-electron chi connectivity index (χ0n) is 11.9. The molecule has 7 heteroatoms. The molecule has 1 fully saturated rings. The molecule has 1 aliphatic heterocycles. The van der Waals surface area contributed by atoms with E-state index in [2.05, 4.69) is 5.32 Å². The summed E-state index contributed by atoms with van der Waals surface area (Å²) in [4.78, 5) is 0. The molecule has 0 aromatic heterocycles. The molecule has 1 saturated heterocycles. The Morgan fingerprint density at radius 1 is 0.870 bits per heavy atom. The van der Waals surface area contributed by atoms with E-state index in [4.69, 9.17) is 51.1 Å². The highest BCUT2D eigenvalue weighted by molar-refractivity contribution is 6.42. The van der Waals surface area contributed by atoms with Gasteiger partial charge in [-0.25, -0.2) is 0 Å². The Balaban J connectivity index is 0.00000192. The first-order valence-corrected chi connectivity index (χ1v) is 8.25. The van der Waals surface area contributed by atoms with Gasteiger partial charge in [0, 0.05) is 13.1 Å². The van der Waals surface area contributed by atoms with Gasteiger partial charge in [-0.2, -0.15) is 0 Å². The Kier molecular flexibility index (Phi) is 6.49. The van der Waals surface area contributed by atoms with Crippen LogP contribution in [-0.2, 0) is 16.9 Å². The summed E-state index contributed by atoms with van der Waals surface area (Å²) in [5.41, 5.74) is 1.60. The third kappa shape index (κ3) is 4.08. The van der Waals surface area contributed by atoms with Crippen molar-refractivity contribution < 1.29 is 4.74 Å². The quantitative estimate of drug-likeness (QED) is 0.690. The molecule has 2 aromatic rings. The van der Waals surface area contributed by atoms with Gasteiger partial charge < -0.3 is 10.1 Å². The molecule has 124 valence electrons. The van der Waals surface area contributed by atoms with Gasteiger partial charge >= 0.3 is 0 Å². The van der Waals surface area contributed by atoms with Crippen LogP contribution in [0.1, 0.15) is 11.1 Å². The molecule has 1 aliphatic rings. The van der Waals surface area contributed by atoms with Crippen LogP contribution >= 0.6 is 58.8 Å². The highest BCUT2D eigenvalue weighted by Crippen LogP contribution is 2.35. The second-order valence-electron chi connectivity index (χ2n) is 5.26. The first-order valence-electron chi connectivity index (χ1n) is 6.74. The number of halogens is 5. The Labute approximate surface area is 161 Å². The summed E-state index contributed by atoms with van der Waals surface area (Å²) in [5.74, 6) is 0. The summed E-state index contributed by atoms with van der Waals surface area (Å²) in [6.45, 7) is 1.90. The van der Waals surface area contributed by atoms with E-state index in [-0.39, 0.29) is 18.0 Å². The number of ether oxygens (including phenoxy) is 1. The van der Waals surface area contributed by atoms with E-state index in [0.29, 0.717) is 26.7 Å².